The van der Waals surface area contributed by atoms with Crippen LogP contribution in [0.2, 0.25) is 0 Å². The van der Waals surface area contributed by atoms with Crippen LogP contribution in [0, 0.1) is 21.6 Å². The molecule has 8 nitrogen and oxygen atoms in total. The summed E-state index contributed by atoms with van der Waals surface area (Å²) in [5.41, 5.74) is 2.55. The van der Waals surface area contributed by atoms with E-state index >= 15 is 0 Å². The van der Waals surface area contributed by atoms with E-state index in [2.05, 4.69) is 48.5 Å². The molecule has 0 saturated heterocycles. The van der Waals surface area contributed by atoms with Gasteiger partial charge in [0.1, 0.15) is 0 Å². The molecule has 0 aliphatic heterocycles. The van der Waals surface area contributed by atoms with E-state index in [1.807, 2.05) is 12.1 Å². The first-order valence-corrected chi connectivity index (χ1v) is 5.89. The molecular formula is C16H14N4O4. The lowest BCUT2D eigenvalue weighted by atomic mass is 10.1. The van der Waals surface area contributed by atoms with Crippen LogP contribution in [0.4, 0.5) is 0 Å². The molecule has 0 aliphatic rings. The molecule has 0 bridgehead atoms. The fourth-order valence-electron chi connectivity index (χ4n) is 1.26. The van der Waals surface area contributed by atoms with Crippen LogP contribution in [-0.4, -0.2) is 24.3 Å². The lowest BCUT2D eigenvalue weighted by Crippen LogP contribution is -1.73. The Hall–Kier alpha value is -4.04. The van der Waals surface area contributed by atoms with Gasteiger partial charge >= 0.3 is 0 Å². The van der Waals surface area contributed by atoms with E-state index in [9.17, 15) is 0 Å². The van der Waals surface area contributed by atoms with Crippen LogP contribution in [0.3, 0.4) is 0 Å². The Labute approximate surface area is 137 Å². The minimum atomic E-state index is 0.750. The number of carbonyl (C=O) groups excluding carboxylic acids is 4. The Morgan fingerprint density at radius 1 is 0.458 bits per heavy atom. The van der Waals surface area contributed by atoms with Gasteiger partial charge in [-0.05, 0) is 11.1 Å². The van der Waals surface area contributed by atoms with Gasteiger partial charge in [-0.1, -0.05) is 60.7 Å². The fraction of sp³-hybridized carbons (Fsp3) is 0. The predicted molar refractivity (Wildman–Crippen MR) is 85.5 cm³/mol. The van der Waals surface area contributed by atoms with Crippen molar-refractivity contribution >= 4 is 24.3 Å². The maximum Gasteiger partial charge on any atom is 0.231 e. The maximum atomic E-state index is 8.35. The van der Waals surface area contributed by atoms with Crippen LogP contribution in [-0.2, 0) is 19.2 Å². The molecule has 8 heteroatoms. The van der Waals surface area contributed by atoms with Crippen LogP contribution in [0.15, 0.2) is 60.7 Å². The Bertz CT molecular complexity index is 578. The monoisotopic (exact) mass is 326 g/mol. The van der Waals surface area contributed by atoms with E-state index in [0.29, 0.717) is 0 Å². The van der Waals surface area contributed by atoms with E-state index in [1.165, 1.54) is 11.1 Å². The van der Waals surface area contributed by atoms with E-state index in [1.54, 1.807) is 0 Å². The van der Waals surface area contributed by atoms with Crippen molar-refractivity contribution in [3.05, 3.63) is 60.7 Å². The average Bonchev–Trinajstić information content (AvgIpc) is 2.59. The molecule has 4 N–H and O–H groups in total. The Morgan fingerprint density at radius 2 is 0.625 bits per heavy atom. The molecule has 0 spiro atoms. The van der Waals surface area contributed by atoms with Crippen molar-refractivity contribution < 1.29 is 19.2 Å². The molecule has 2 rings (SSSR count). The Morgan fingerprint density at radius 3 is 0.792 bits per heavy atom. The Kier molecular flexibility index (Phi) is 25.0. The molecule has 0 heterocycles. The molecule has 0 unspecified atom stereocenters. The topological polar surface area (TPSA) is 164 Å². The predicted octanol–water partition coefficient (Wildman–Crippen LogP) is 2.96. The van der Waals surface area contributed by atoms with Crippen molar-refractivity contribution in [2.45, 2.75) is 0 Å². The summed E-state index contributed by atoms with van der Waals surface area (Å²) in [7, 11) is 0. The number of hydrogen-bond donors (Lipinski definition) is 4. The van der Waals surface area contributed by atoms with Crippen LogP contribution in [0.5, 0.6) is 0 Å². The zero-order valence-electron chi connectivity index (χ0n) is 12.4. The molecule has 0 atom stereocenters. The Balaban J connectivity index is -0.000000307. The quantitative estimate of drug-likeness (QED) is 0.468. The maximum absolute atomic E-state index is 8.35. The lowest BCUT2D eigenvalue weighted by molar-refractivity contribution is 0.562. The van der Waals surface area contributed by atoms with Gasteiger partial charge in [-0.3, -0.25) is 0 Å². The van der Waals surface area contributed by atoms with E-state index < -0.39 is 0 Å². The second kappa shape index (κ2) is 24.0. The number of isocyanates is 4. The third kappa shape index (κ3) is 20.3. The number of hydrogen-bond acceptors (Lipinski definition) is 8. The van der Waals surface area contributed by atoms with Gasteiger partial charge in [0.15, 0.2) is 0 Å². The van der Waals surface area contributed by atoms with Gasteiger partial charge in [-0.15, -0.1) is 0 Å². The van der Waals surface area contributed by atoms with Crippen molar-refractivity contribution in [2.24, 2.45) is 0 Å². The minimum absolute atomic E-state index is 0.750. The molecule has 0 saturated carbocycles. The minimum Gasteiger partial charge on any atom is -0.222 e. The van der Waals surface area contributed by atoms with Crippen LogP contribution < -0.4 is 0 Å². The average molecular weight is 326 g/mol. The van der Waals surface area contributed by atoms with Crippen LogP contribution >= 0.6 is 0 Å². The highest BCUT2D eigenvalue weighted by molar-refractivity contribution is 5.62. The summed E-state index contributed by atoms with van der Waals surface area (Å²) >= 11 is 0. The highest BCUT2D eigenvalue weighted by atomic mass is 16.1. The van der Waals surface area contributed by atoms with Gasteiger partial charge < -0.3 is 0 Å². The number of nitrogens with one attached hydrogen (secondary N) is 4. The van der Waals surface area contributed by atoms with Crippen LogP contribution in [0.25, 0.3) is 11.1 Å². The highest BCUT2D eigenvalue weighted by Gasteiger charge is 1.91. The smallest absolute Gasteiger partial charge is 0.222 e. The van der Waals surface area contributed by atoms with E-state index in [0.717, 1.165) is 24.3 Å². The summed E-state index contributed by atoms with van der Waals surface area (Å²) < 4.78 is 0. The van der Waals surface area contributed by atoms with E-state index in [4.69, 9.17) is 40.8 Å². The summed E-state index contributed by atoms with van der Waals surface area (Å²) in [6.45, 7) is 0. The first kappa shape index (κ1) is 24.9. The molecule has 2 aromatic carbocycles. The van der Waals surface area contributed by atoms with Gasteiger partial charge in [0.05, 0.1) is 0 Å². The van der Waals surface area contributed by atoms with Gasteiger partial charge in [-0.25, -0.2) is 40.8 Å². The molecule has 2 aromatic rings. The van der Waals surface area contributed by atoms with Crippen LogP contribution in [0.1, 0.15) is 0 Å². The van der Waals surface area contributed by atoms with Crippen molar-refractivity contribution in [3.8, 4) is 11.1 Å². The van der Waals surface area contributed by atoms with Crippen molar-refractivity contribution in [1.82, 2.24) is 0 Å². The summed E-state index contributed by atoms with van der Waals surface area (Å²) in [6.07, 6.45) is 3.00. The van der Waals surface area contributed by atoms with Gasteiger partial charge in [0.2, 0.25) is 24.3 Å². The third-order valence-electron chi connectivity index (χ3n) is 1.88. The van der Waals surface area contributed by atoms with Crippen molar-refractivity contribution in [2.75, 3.05) is 0 Å². The number of benzene rings is 2. The van der Waals surface area contributed by atoms with E-state index in [-0.39, 0.29) is 0 Å². The van der Waals surface area contributed by atoms with Crippen molar-refractivity contribution in [1.29, 1.82) is 21.6 Å². The van der Waals surface area contributed by atoms with Gasteiger partial charge in [-0.2, -0.15) is 0 Å². The highest BCUT2D eigenvalue weighted by Crippen LogP contribution is 2.17. The summed E-state index contributed by atoms with van der Waals surface area (Å²) in [4.78, 5) is 33.4. The van der Waals surface area contributed by atoms with Crippen molar-refractivity contribution in [3.63, 3.8) is 0 Å². The largest absolute Gasteiger partial charge is 0.231 e. The number of rotatable bonds is 1. The third-order valence-corrected chi connectivity index (χ3v) is 1.88. The molecular weight excluding hydrogens is 312 g/mol. The zero-order chi connectivity index (χ0) is 19.1. The molecule has 0 aromatic heterocycles. The SMILES string of the molecule is N=C=O.N=C=O.N=C=O.N=C=O.c1ccc(-c2ccccc2)cc1. The molecule has 0 amide bonds. The molecule has 122 valence electrons. The molecule has 0 radical (unpaired) electrons. The first-order valence-electron chi connectivity index (χ1n) is 5.89. The van der Waals surface area contributed by atoms with Gasteiger partial charge in [0, 0.05) is 0 Å². The fourth-order valence-corrected chi connectivity index (χ4v) is 1.26. The normalized spacial score (nSPS) is 6.17. The standard InChI is InChI=1S/C12H10.4CHNO/c1-3-7-11(8-4-1)12-9-5-2-6-10-12;4*2-1-3/h1-10H;4*2H. The summed E-state index contributed by atoms with van der Waals surface area (Å²) in [6, 6.07) is 20.8. The first-order chi connectivity index (χ1) is 11.6. The summed E-state index contributed by atoms with van der Waals surface area (Å²) in [5.74, 6) is 0. The van der Waals surface area contributed by atoms with Gasteiger partial charge in [0.25, 0.3) is 0 Å². The summed E-state index contributed by atoms with van der Waals surface area (Å²) in [5, 5.41) is 21.6. The zero-order valence-corrected chi connectivity index (χ0v) is 12.4. The second-order valence-electron chi connectivity index (χ2n) is 3.14. The lowest BCUT2D eigenvalue weighted by Gasteiger charge is -1.98. The molecule has 0 aliphatic carbocycles. The molecule has 24 heavy (non-hydrogen) atoms. The molecule has 0 fully saturated rings. The second-order valence-corrected chi connectivity index (χ2v) is 3.14.